The maximum Gasteiger partial charge on any atom is 0.145 e. The van der Waals surface area contributed by atoms with Gasteiger partial charge in [0.1, 0.15) is 11.6 Å². The molecular weight excluding hydrogens is 314 g/mol. The fourth-order valence-electron chi connectivity index (χ4n) is 2.74. The van der Waals surface area contributed by atoms with Crippen molar-refractivity contribution in [3.05, 3.63) is 33.8 Å². The molecular formula is C15H19BrF2O. The van der Waals surface area contributed by atoms with Crippen LogP contribution in [-0.2, 0) is 11.3 Å². The van der Waals surface area contributed by atoms with Crippen molar-refractivity contribution >= 4 is 15.9 Å². The first-order valence-corrected chi connectivity index (χ1v) is 7.57. The highest BCUT2D eigenvalue weighted by Gasteiger charge is 2.19. The maximum absolute atomic E-state index is 13.7. The first-order valence-electron chi connectivity index (χ1n) is 6.78. The van der Waals surface area contributed by atoms with Crippen LogP contribution in [0.4, 0.5) is 8.78 Å². The summed E-state index contributed by atoms with van der Waals surface area (Å²) >= 11 is 3.06. The van der Waals surface area contributed by atoms with Gasteiger partial charge in [-0.1, -0.05) is 19.8 Å². The Morgan fingerprint density at radius 3 is 2.84 bits per heavy atom. The molecule has 1 aromatic rings. The lowest BCUT2D eigenvalue weighted by Crippen LogP contribution is -2.18. The summed E-state index contributed by atoms with van der Waals surface area (Å²) in [5.41, 5.74) is 0.0123. The summed E-state index contributed by atoms with van der Waals surface area (Å²) in [5.74, 6) is 0.165. The van der Waals surface area contributed by atoms with E-state index in [4.69, 9.17) is 4.74 Å². The van der Waals surface area contributed by atoms with Crippen LogP contribution >= 0.6 is 15.9 Å². The number of hydrogen-bond acceptors (Lipinski definition) is 1. The van der Waals surface area contributed by atoms with Gasteiger partial charge in [-0.25, -0.2) is 8.78 Å². The van der Waals surface area contributed by atoms with E-state index in [2.05, 4.69) is 22.9 Å². The smallest absolute Gasteiger partial charge is 0.145 e. The molecule has 2 unspecified atom stereocenters. The fraction of sp³-hybridized carbons (Fsp3) is 0.600. The molecule has 0 aliphatic heterocycles. The zero-order chi connectivity index (χ0) is 13.8. The van der Waals surface area contributed by atoms with Crippen molar-refractivity contribution in [1.29, 1.82) is 0 Å². The number of halogens is 3. The summed E-state index contributed by atoms with van der Waals surface area (Å²) in [5, 5.41) is 0. The van der Waals surface area contributed by atoms with Gasteiger partial charge < -0.3 is 4.74 Å². The van der Waals surface area contributed by atoms with Crippen molar-refractivity contribution < 1.29 is 13.5 Å². The summed E-state index contributed by atoms with van der Waals surface area (Å²) < 4.78 is 33.0. The molecule has 106 valence electrons. The first-order chi connectivity index (χ1) is 9.08. The number of hydrogen-bond donors (Lipinski definition) is 0. The minimum atomic E-state index is -0.558. The topological polar surface area (TPSA) is 9.23 Å². The van der Waals surface area contributed by atoms with E-state index in [1.165, 1.54) is 25.0 Å². The average molecular weight is 333 g/mol. The summed E-state index contributed by atoms with van der Waals surface area (Å²) in [7, 11) is 0. The molecule has 0 amide bonds. The van der Waals surface area contributed by atoms with Crippen molar-refractivity contribution in [2.24, 2.45) is 11.8 Å². The Hall–Kier alpha value is -0.480. The van der Waals surface area contributed by atoms with E-state index in [1.807, 2.05) is 0 Å². The Morgan fingerprint density at radius 2 is 2.11 bits per heavy atom. The third kappa shape index (κ3) is 3.99. The molecule has 2 atom stereocenters. The van der Waals surface area contributed by atoms with Gasteiger partial charge in [0.2, 0.25) is 0 Å². The third-order valence-electron chi connectivity index (χ3n) is 3.78. The number of ether oxygens (including phenoxy) is 1. The maximum atomic E-state index is 13.7. The van der Waals surface area contributed by atoms with Gasteiger partial charge in [-0.2, -0.15) is 0 Å². The largest absolute Gasteiger partial charge is 0.376 e. The Morgan fingerprint density at radius 1 is 1.32 bits per heavy atom. The Bertz CT molecular complexity index is 436. The van der Waals surface area contributed by atoms with Crippen molar-refractivity contribution in [2.45, 2.75) is 39.2 Å². The molecule has 1 nitrogen and oxygen atoms in total. The highest BCUT2D eigenvalue weighted by atomic mass is 79.9. The van der Waals surface area contributed by atoms with Crippen molar-refractivity contribution in [2.75, 3.05) is 6.61 Å². The van der Waals surface area contributed by atoms with Crippen molar-refractivity contribution in [3.63, 3.8) is 0 Å². The van der Waals surface area contributed by atoms with Crippen LogP contribution in [0.25, 0.3) is 0 Å². The zero-order valence-electron chi connectivity index (χ0n) is 11.1. The molecule has 1 aliphatic rings. The first kappa shape index (κ1) is 14.9. The quantitative estimate of drug-likeness (QED) is 0.699. The molecule has 0 radical (unpaired) electrons. The van der Waals surface area contributed by atoms with Crippen molar-refractivity contribution in [1.82, 2.24) is 0 Å². The van der Waals surface area contributed by atoms with Gasteiger partial charge >= 0.3 is 0 Å². The van der Waals surface area contributed by atoms with Crippen LogP contribution in [0, 0.1) is 23.5 Å². The van der Waals surface area contributed by atoms with E-state index in [-0.39, 0.29) is 16.6 Å². The number of benzene rings is 1. The normalized spacial score (nSPS) is 23.6. The van der Waals surface area contributed by atoms with E-state index in [1.54, 1.807) is 0 Å². The van der Waals surface area contributed by atoms with Crippen LogP contribution in [0.3, 0.4) is 0 Å². The van der Waals surface area contributed by atoms with E-state index >= 15 is 0 Å². The molecule has 0 bridgehead atoms. The van der Waals surface area contributed by atoms with Gasteiger partial charge in [-0.05, 0) is 52.7 Å². The highest BCUT2D eigenvalue weighted by Crippen LogP contribution is 2.29. The van der Waals surface area contributed by atoms with Crippen LogP contribution in [-0.4, -0.2) is 6.61 Å². The second-order valence-electron chi connectivity index (χ2n) is 5.47. The molecule has 0 spiro atoms. The van der Waals surface area contributed by atoms with E-state index < -0.39 is 11.6 Å². The van der Waals surface area contributed by atoms with E-state index in [0.717, 1.165) is 18.8 Å². The Kier molecular flexibility index (Phi) is 5.34. The lowest BCUT2D eigenvalue weighted by atomic mass is 9.83. The van der Waals surface area contributed by atoms with Crippen molar-refractivity contribution in [3.8, 4) is 0 Å². The molecule has 4 heteroatoms. The second-order valence-corrected chi connectivity index (χ2v) is 6.33. The van der Waals surface area contributed by atoms with Gasteiger partial charge in [0.15, 0.2) is 0 Å². The van der Waals surface area contributed by atoms with Gasteiger partial charge in [0.05, 0.1) is 16.6 Å². The Balaban J connectivity index is 1.87. The summed E-state index contributed by atoms with van der Waals surface area (Å²) in [4.78, 5) is 0. The zero-order valence-corrected chi connectivity index (χ0v) is 12.7. The lowest BCUT2D eigenvalue weighted by molar-refractivity contribution is 0.0626. The average Bonchev–Trinajstić information content (AvgIpc) is 2.38. The van der Waals surface area contributed by atoms with Gasteiger partial charge in [0.25, 0.3) is 0 Å². The Labute approximate surface area is 121 Å². The molecule has 2 rings (SSSR count). The predicted molar refractivity (Wildman–Crippen MR) is 74.8 cm³/mol. The van der Waals surface area contributed by atoms with Gasteiger partial charge in [-0.15, -0.1) is 0 Å². The second kappa shape index (κ2) is 6.80. The monoisotopic (exact) mass is 332 g/mol. The molecule has 1 aliphatic carbocycles. The minimum Gasteiger partial charge on any atom is -0.376 e. The summed E-state index contributed by atoms with van der Waals surface area (Å²) in [6, 6.07) is 2.63. The van der Waals surface area contributed by atoms with Crippen LogP contribution in [0.15, 0.2) is 16.6 Å². The SMILES string of the molecule is CC1CCCC(COCc2c(F)ccc(Br)c2F)C1. The summed E-state index contributed by atoms with van der Waals surface area (Å²) in [6.07, 6.45) is 4.83. The van der Waals surface area contributed by atoms with Crippen LogP contribution in [0.1, 0.15) is 38.2 Å². The lowest BCUT2D eigenvalue weighted by Gasteiger charge is -2.26. The minimum absolute atomic E-state index is 0.00197. The molecule has 1 aromatic carbocycles. The van der Waals surface area contributed by atoms with E-state index in [9.17, 15) is 8.78 Å². The standard InChI is InChI=1S/C15H19BrF2O/c1-10-3-2-4-11(7-10)8-19-9-12-14(17)6-5-13(16)15(12)18/h5-6,10-11H,2-4,7-9H2,1H3. The molecule has 0 saturated heterocycles. The van der Waals surface area contributed by atoms with Crippen LogP contribution in [0.5, 0.6) is 0 Å². The molecule has 0 N–H and O–H groups in total. The van der Waals surface area contributed by atoms with E-state index in [0.29, 0.717) is 12.5 Å². The fourth-order valence-corrected chi connectivity index (χ4v) is 3.11. The van der Waals surface area contributed by atoms with Gasteiger partial charge in [-0.3, -0.25) is 0 Å². The highest BCUT2D eigenvalue weighted by molar-refractivity contribution is 9.10. The molecule has 19 heavy (non-hydrogen) atoms. The molecule has 1 fully saturated rings. The predicted octanol–water partition coefficient (Wildman–Crippen LogP) is 5.07. The van der Waals surface area contributed by atoms with Crippen LogP contribution in [0.2, 0.25) is 0 Å². The van der Waals surface area contributed by atoms with Gasteiger partial charge in [0, 0.05) is 6.61 Å². The number of rotatable bonds is 4. The molecule has 0 heterocycles. The summed E-state index contributed by atoms with van der Waals surface area (Å²) in [6.45, 7) is 2.84. The molecule has 1 saturated carbocycles. The molecule has 0 aromatic heterocycles. The van der Waals surface area contributed by atoms with Crippen LogP contribution < -0.4 is 0 Å². The third-order valence-corrected chi connectivity index (χ3v) is 4.40.